The average molecular weight is 500 g/mol. The number of hydrogen-bond acceptors (Lipinski definition) is 6. The van der Waals surface area contributed by atoms with Crippen molar-refractivity contribution < 1.29 is 14.3 Å². The van der Waals surface area contributed by atoms with Crippen LogP contribution in [0.15, 0.2) is 60.7 Å². The maximum Gasteiger partial charge on any atom is 0.407 e. The van der Waals surface area contributed by atoms with Crippen molar-refractivity contribution >= 4 is 17.8 Å². The lowest BCUT2D eigenvalue weighted by molar-refractivity contribution is -0.117. The first-order valence-electron chi connectivity index (χ1n) is 12.9. The van der Waals surface area contributed by atoms with Crippen molar-refractivity contribution in [3.63, 3.8) is 0 Å². The van der Waals surface area contributed by atoms with Gasteiger partial charge in [0.15, 0.2) is 5.82 Å². The highest BCUT2D eigenvalue weighted by Gasteiger charge is 2.39. The molecule has 2 aliphatic rings. The first-order chi connectivity index (χ1) is 17.9. The summed E-state index contributed by atoms with van der Waals surface area (Å²) in [6.07, 6.45) is 5.16. The van der Waals surface area contributed by atoms with Crippen LogP contribution in [0.3, 0.4) is 0 Å². The van der Waals surface area contributed by atoms with E-state index < -0.39 is 6.09 Å². The van der Waals surface area contributed by atoms with E-state index in [0.29, 0.717) is 12.2 Å². The number of anilines is 1. The SMILES string of the molecule is CNC(=O)O[C@H]1CC[C@H](CC(=O)Nc2cc(-c3ccccc3)c(-c3ccc(C4(N)CC4)cc3)nn2)CC1. The van der Waals surface area contributed by atoms with Gasteiger partial charge in [0.1, 0.15) is 11.8 Å². The molecule has 2 amide bonds. The zero-order chi connectivity index (χ0) is 25.8. The molecule has 0 saturated heterocycles. The molecule has 2 aliphatic carbocycles. The van der Waals surface area contributed by atoms with Crippen LogP contribution in [-0.4, -0.2) is 35.3 Å². The van der Waals surface area contributed by atoms with Crippen LogP contribution >= 0.6 is 0 Å². The summed E-state index contributed by atoms with van der Waals surface area (Å²) in [5.41, 5.74) is 10.9. The van der Waals surface area contributed by atoms with Gasteiger partial charge >= 0.3 is 6.09 Å². The third kappa shape index (κ3) is 5.97. The Labute approximate surface area is 217 Å². The molecule has 0 spiro atoms. The maximum atomic E-state index is 12.8. The van der Waals surface area contributed by atoms with Crippen molar-refractivity contribution in [3.8, 4) is 22.4 Å². The summed E-state index contributed by atoms with van der Waals surface area (Å²) in [5.74, 6) is 0.597. The molecule has 0 aliphatic heterocycles. The van der Waals surface area contributed by atoms with Crippen LogP contribution in [0, 0.1) is 5.92 Å². The predicted molar refractivity (Wildman–Crippen MR) is 143 cm³/mol. The number of nitrogens with one attached hydrogen (secondary N) is 2. The second kappa shape index (κ2) is 10.7. The molecule has 2 aromatic carbocycles. The van der Waals surface area contributed by atoms with Gasteiger partial charge in [0, 0.05) is 30.1 Å². The summed E-state index contributed by atoms with van der Waals surface area (Å²) in [6.45, 7) is 0. The Morgan fingerprint density at radius 1 is 0.973 bits per heavy atom. The van der Waals surface area contributed by atoms with E-state index in [4.69, 9.17) is 10.5 Å². The molecular formula is C29H33N5O3. The number of alkyl carbamates (subject to hydrolysis) is 1. The number of nitrogens with zero attached hydrogens (tertiary/aromatic N) is 2. The van der Waals surface area contributed by atoms with Crippen molar-refractivity contribution in [1.82, 2.24) is 15.5 Å². The summed E-state index contributed by atoms with van der Waals surface area (Å²) in [6, 6.07) is 20.1. The number of ether oxygens (including phenoxy) is 1. The van der Waals surface area contributed by atoms with E-state index in [1.165, 1.54) is 0 Å². The fraction of sp³-hybridized carbons (Fsp3) is 0.379. The third-order valence-corrected chi connectivity index (χ3v) is 7.41. The summed E-state index contributed by atoms with van der Waals surface area (Å²) >= 11 is 0. The Bertz CT molecular complexity index is 1250. The average Bonchev–Trinajstić information content (AvgIpc) is 3.68. The summed E-state index contributed by atoms with van der Waals surface area (Å²) in [4.78, 5) is 24.3. The lowest BCUT2D eigenvalue weighted by Gasteiger charge is -2.27. The van der Waals surface area contributed by atoms with Gasteiger partial charge in [-0.2, -0.15) is 0 Å². The monoisotopic (exact) mass is 499 g/mol. The lowest BCUT2D eigenvalue weighted by Crippen LogP contribution is -2.30. The van der Waals surface area contributed by atoms with Crippen molar-refractivity contribution in [1.29, 1.82) is 0 Å². The fourth-order valence-corrected chi connectivity index (χ4v) is 5.01. The van der Waals surface area contributed by atoms with Gasteiger partial charge in [-0.15, -0.1) is 10.2 Å². The topological polar surface area (TPSA) is 119 Å². The zero-order valence-corrected chi connectivity index (χ0v) is 21.1. The molecule has 2 saturated carbocycles. The summed E-state index contributed by atoms with van der Waals surface area (Å²) < 4.78 is 5.34. The minimum absolute atomic E-state index is 0.0835. The second-order valence-electron chi connectivity index (χ2n) is 10.1. The van der Waals surface area contributed by atoms with Crippen LogP contribution < -0.4 is 16.4 Å². The number of rotatable bonds is 7. The number of amides is 2. The predicted octanol–water partition coefficient (Wildman–Crippen LogP) is 5.00. The molecule has 1 aromatic heterocycles. The first-order valence-corrected chi connectivity index (χ1v) is 12.9. The largest absolute Gasteiger partial charge is 0.446 e. The van der Waals surface area contributed by atoms with Gasteiger partial charge in [-0.25, -0.2) is 4.79 Å². The van der Waals surface area contributed by atoms with Gasteiger partial charge in [0.25, 0.3) is 0 Å². The highest BCUT2D eigenvalue weighted by atomic mass is 16.6. The van der Waals surface area contributed by atoms with E-state index in [1.54, 1.807) is 7.05 Å². The standard InChI is InChI=1S/C29H33N5O3/c1-31-28(36)37-23-13-7-19(8-14-23)17-26(35)32-25-18-24(20-5-3-2-4-6-20)27(34-33-25)21-9-11-22(12-10-21)29(30)15-16-29/h2-6,9-12,18-19,23H,7-8,13-17,30H2,1H3,(H,31,36)(H,32,33,35)/t19-,23-. The van der Waals surface area contributed by atoms with E-state index >= 15 is 0 Å². The lowest BCUT2D eigenvalue weighted by atomic mass is 9.85. The molecule has 2 fully saturated rings. The van der Waals surface area contributed by atoms with E-state index in [2.05, 4.69) is 33.0 Å². The van der Waals surface area contributed by atoms with Gasteiger partial charge in [-0.05, 0) is 61.6 Å². The number of hydrogen-bond donors (Lipinski definition) is 3. The molecule has 0 radical (unpaired) electrons. The van der Waals surface area contributed by atoms with Crippen LogP contribution in [0.5, 0.6) is 0 Å². The molecule has 0 atom stereocenters. The molecule has 4 N–H and O–H groups in total. The highest BCUT2D eigenvalue weighted by Crippen LogP contribution is 2.43. The quantitative estimate of drug-likeness (QED) is 0.421. The number of benzene rings is 2. The molecule has 8 heteroatoms. The third-order valence-electron chi connectivity index (χ3n) is 7.41. The van der Waals surface area contributed by atoms with Gasteiger partial charge in [-0.1, -0.05) is 54.6 Å². The number of nitrogens with two attached hydrogens (primary N) is 1. The van der Waals surface area contributed by atoms with Crippen LogP contribution in [0.4, 0.5) is 10.6 Å². The Morgan fingerprint density at radius 3 is 2.32 bits per heavy atom. The van der Waals surface area contributed by atoms with Gasteiger partial charge in [-0.3, -0.25) is 4.79 Å². The Balaban J connectivity index is 1.28. The van der Waals surface area contributed by atoms with Gasteiger partial charge in [0.2, 0.25) is 5.91 Å². The van der Waals surface area contributed by atoms with Crippen molar-refractivity contribution in [2.24, 2.45) is 11.7 Å². The Morgan fingerprint density at radius 2 is 1.68 bits per heavy atom. The highest BCUT2D eigenvalue weighted by molar-refractivity contribution is 5.91. The van der Waals surface area contributed by atoms with Crippen LogP contribution in [0.1, 0.15) is 50.5 Å². The van der Waals surface area contributed by atoms with E-state index in [0.717, 1.165) is 66.5 Å². The summed E-state index contributed by atoms with van der Waals surface area (Å²) in [5, 5.41) is 14.3. The first kappa shape index (κ1) is 24.9. The second-order valence-corrected chi connectivity index (χ2v) is 10.1. The minimum atomic E-state index is -0.403. The maximum absolute atomic E-state index is 12.8. The number of carbonyl (C=O) groups excluding carboxylic acids is 2. The number of aromatic nitrogens is 2. The van der Waals surface area contributed by atoms with Crippen molar-refractivity contribution in [3.05, 3.63) is 66.2 Å². The fourth-order valence-electron chi connectivity index (χ4n) is 5.01. The zero-order valence-electron chi connectivity index (χ0n) is 21.1. The molecule has 37 heavy (non-hydrogen) atoms. The molecule has 192 valence electrons. The minimum Gasteiger partial charge on any atom is -0.446 e. The Hall–Kier alpha value is -3.78. The van der Waals surface area contributed by atoms with E-state index in [9.17, 15) is 9.59 Å². The van der Waals surface area contributed by atoms with Gasteiger partial charge < -0.3 is 21.1 Å². The van der Waals surface area contributed by atoms with Crippen LogP contribution in [0.2, 0.25) is 0 Å². The van der Waals surface area contributed by atoms with E-state index in [-0.39, 0.29) is 23.5 Å². The Kier molecular flexibility index (Phi) is 7.19. The van der Waals surface area contributed by atoms with Crippen LogP contribution in [0.25, 0.3) is 22.4 Å². The normalized spacial score (nSPS) is 20.1. The van der Waals surface area contributed by atoms with Crippen LogP contribution in [-0.2, 0) is 15.1 Å². The summed E-state index contributed by atoms with van der Waals surface area (Å²) in [7, 11) is 1.55. The smallest absolute Gasteiger partial charge is 0.407 e. The molecule has 8 nitrogen and oxygen atoms in total. The van der Waals surface area contributed by atoms with Crippen molar-refractivity contribution in [2.45, 2.75) is 56.6 Å². The van der Waals surface area contributed by atoms with Crippen molar-refractivity contribution in [2.75, 3.05) is 12.4 Å². The molecule has 3 aromatic rings. The van der Waals surface area contributed by atoms with E-state index in [1.807, 2.05) is 48.5 Å². The molecular weight excluding hydrogens is 466 g/mol. The molecule has 5 rings (SSSR count). The molecule has 0 bridgehead atoms. The van der Waals surface area contributed by atoms with Gasteiger partial charge in [0.05, 0.1) is 0 Å². The molecule has 1 heterocycles. The molecule has 0 unspecified atom stereocenters. The number of carbonyl (C=O) groups is 2.